The largest absolute Gasteiger partial charge is 0.478 e. The van der Waals surface area contributed by atoms with Crippen LogP contribution in [-0.2, 0) is 0 Å². The third-order valence-corrected chi connectivity index (χ3v) is 10.0. The molecule has 0 aliphatic rings. The average molecular weight is 935 g/mol. The van der Waals surface area contributed by atoms with E-state index in [2.05, 4.69) is 0 Å². The van der Waals surface area contributed by atoms with Crippen LogP contribution in [0.1, 0.15) is 93.2 Å². The zero-order valence-corrected chi connectivity index (χ0v) is 35.1. The first-order valence-electron chi connectivity index (χ1n) is 19.6. The van der Waals surface area contributed by atoms with Crippen LogP contribution in [0.15, 0.2) is 152 Å². The first-order chi connectivity index (χ1) is 32.8. The number of benzene rings is 7. The van der Waals surface area contributed by atoms with Crippen molar-refractivity contribution in [1.29, 1.82) is 0 Å². The van der Waals surface area contributed by atoms with Crippen molar-refractivity contribution in [1.82, 2.24) is 0 Å². The smallest absolute Gasteiger partial charge is 0.337 e. The zero-order valence-electron chi connectivity index (χ0n) is 35.1. The molecule has 0 saturated heterocycles. The number of hydrogen-bond acceptors (Lipinski definition) is 9. The van der Waals surface area contributed by atoms with Gasteiger partial charge in [0.05, 0.1) is 50.1 Å². The van der Waals surface area contributed by atoms with Crippen LogP contribution in [0, 0.1) is 0 Å². The molecule has 9 N–H and O–H groups in total. The van der Waals surface area contributed by atoms with Crippen LogP contribution < -0.4 is 0 Å². The Labute approximate surface area is 388 Å². The summed E-state index contributed by atoms with van der Waals surface area (Å²) in [6.07, 6.45) is 0. The number of carboxylic acid groups (broad SMARTS) is 9. The maximum Gasteiger partial charge on any atom is 0.337 e. The molecule has 18 heteroatoms. The van der Waals surface area contributed by atoms with Crippen molar-refractivity contribution in [3.63, 3.8) is 0 Å². The van der Waals surface area contributed by atoms with Gasteiger partial charge in [0, 0.05) is 11.1 Å². The van der Waals surface area contributed by atoms with Gasteiger partial charge in [-0.3, -0.25) is 0 Å². The Balaban J connectivity index is 0.000000229. The van der Waals surface area contributed by atoms with E-state index in [4.69, 9.17) is 5.11 Å². The summed E-state index contributed by atoms with van der Waals surface area (Å²) in [6, 6.07) is 37.3. The van der Waals surface area contributed by atoms with E-state index in [-0.39, 0.29) is 27.8 Å². The molecule has 7 aromatic carbocycles. The van der Waals surface area contributed by atoms with E-state index in [1.807, 2.05) is 18.2 Å². The highest BCUT2D eigenvalue weighted by Gasteiger charge is 2.32. The summed E-state index contributed by atoms with van der Waals surface area (Å²) < 4.78 is 0. The Hall–Kier alpha value is -10.2. The van der Waals surface area contributed by atoms with E-state index in [0.717, 1.165) is 54.1 Å². The summed E-state index contributed by atoms with van der Waals surface area (Å²) in [7, 11) is 0. The fraction of sp³-hybridized carbons (Fsp3) is 0. The number of aromatic carboxylic acids is 9. The summed E-state index contributed by atoms with van der Waals surface area (Å²) >= 11 is 0. The molecule has 0 aliphatic heterocycles. The molecule has 7 rings (SSSR count). The summed E-state index contributed by atoms with van der Waals surface area (Å²) in [5.41, 5.74) is -4.42. The molecule has 0 unspecified atom stereocenters. The van der Waals surface area contributed by atoms with Gasteiger partial charge in [-0.05, 0) is 69.8 Å². The fourth-order valence-corrected chi connectivity index (χ4v) is 7.21. The highest BCUT2D eigenvalue weighted by molar-refractivity contribution is 6.16. The van der Waals surface area contributed by atoms with Gasteiger partial charge in [0.1, 0.15) is 0 Å². The second kappa shape index (κ2) is 21.6. The number of hydrogen-bond donors (Lipinski definition) is 9. The quantitative estimate of drug-likeness (QED) is 0.0520. The first kappa shape index (κ1) is 49.8. The minimum atomic E-state index is -1.84. The van der Waals surface area contributed by atoms with Gasteiger partial charge >= 0.3 is 53.7 Å². The molecule has 0 aromatic heterocycles. The van der Waals surface area contributed by atoms with E-state index in [1.165, 1.54) is 6.07 Å². The molecule has 0 atom stereocenters. The normalized spacial score (nSPS) is 10.2. The maximum atomic E-state index is 12.3. The molecule has 7 aromatic rings. The van der Waals surface area contributed by atoms with Gasteiger partial charge in [0.15, 0.2) is 0 Å². The monoisotopic (exact) mass is 934 g/mol. The van der Waals surface area contributed by atoms with Crippen LogP contribution >= 0.6 is 0 Å². The molecular weight excluding hydrogens is 901 g/mol. The van der Waals surface area contributed by atoms with Crippen molar-refractivity contribution >= 4 is 53.7 Å². The first-order valence-corrected chi connectivity index (χ1v) is 19.6. The minimum Gasteiger partial charge on any atom is -0.478 e. The van der Waals surface area contributed by atoms with Gasteiger partial charge in [0.25, 0.3) is 0 Å². The third-order valence-electron chi connectivity index (χ3n) is 10.0. The Morgan fingerprint density at radius 1 is 0.232 bits per heavy atom. The topological polar surface area (TPSA) is 336 Å². The lowest BCUT2D eigenvalue weighted by Gasteiger charge is -2.19. The molecule has 0 heterocycles. The summed E-state index contributed by atoms with van der Waals surface area (Å²) in [5, 5.41) is 85.7. The van der Waals surface area contributed by atoms with Crippen molar-refractivity contribution in [2.45, 2.75) is 0 Å². The van der Waals surface area contributed by atoms with E-state index in [9.17, 15) is 84.0 Å². The fourth-order valence-electron chi connectivity index (χ4n) is 7.21. The van der Waals surface area contributed by atoms with Gasteiger partial charge < -0.3 is 46.0 Å². The summed E-state index contributed by atoms with van der Waals surface area (Å²) in [4.78, 5) is 105. The Kier molecular flexibility index (Phi) is 15.6. The van der Waals surface area contributed by atoms with Crippen molar-refractivity contribution in [3.05, 3.63) is 202 Å². The third kappa shape index (κ3) is 11.0. The molecule has 346 valence electrons. The lowest BCUT2D eigenvalue weighted by Crippen LogP contribution is -2.15. The van der Waals surface area contributed by atoms with Crippen molar-refractivity contribution in [2.75, 3.05) is 0 Å². The maximum absolute atomic E-state index is 12.3. The van der Waals surface area contributed by atoms with E-state index in [0.29, 0.717) is 16.7 Å². The van der Waals surface area contributed by atoms with Crippen LogP contribution in [0.25, 0.3) is 44.5 Å². The van der Waals surface area contributed by atoms with E-state index in [1.54, 1.807) is 78.9 Å². The average Bonchev–Trinajstić information content (AvgIpc) is 3.33. The molecule has 0 aliphatic carbocycles. The van der Waals surface area contributed by atoms with Gasteiger partial charge in [-0.2, -0.15) is 0 Å². The zero-order chi connectivity index (χ0) is 50.7. The van der Waals surface area contributed by atoms with Gasteiger partial charge in [-0.15, -0.1) is 0 Å². The van der Waals surface area contributed by atoms with Crippen LogP contribution in [0.4, 0.5) is 0 Å². The molecule has 0 amide bonds. The molecular formula is C51H34O18. The number of carbonyl (C=O) groups is 9. The van der Waals surface area contributed by atoms with Crippen molar-refractivity contribution in [2.24, 2.45) is 0 Å². The lowest BCUT2D eigenvalue weighted by atomic mass is 9.83. The van der Waals surface area contributed by atoms with Crippen LogP contribution in [0.5, 0.6) is 0 Å². The molecule has 0 fully saturated rings. The Bertz CT molecular complexity index is 3200. The second-order valence-electron chi connectivity index (χ2n) is 14.1. The van der Waals surface area contributed by atoms with Crippen molar-refractivity contribution < 1.29 is 89.1 Å². The Morgan fingerprint density at radius 2 is 0.609 bits per heavy atom. The minimum absolute atomic E-state index is 0.00713. The number of carboxylic acids is 9. The van der Waals surface area contributed by atoms with Gasteiger partial charge in [0.2, 0.25) is 0 Å². The SMILES string of the molecule is O=C(O)c1ccc(-c2ccccc2)c(C(=O)O)c1-c1ccccc1.O=C(O)c1cccc(-c2ccc(C(=O)O)c(C(=O)O)c2-c2cccc(C(=O)O)c2C(=O)O)c1C(=O)O.O=C(O)c1ccccc1. The predicted molar refractivity (Wildman–Crippen MR) is 244 cm³/mol. The van der Waals surface area contributed by atoms with E-state index < -0.39 is 98.2 Å². The summed E-state index contributed by atoms with van der Waals surface area (Å²) in [5.74, 6) is -13.6. The van der Waals surface area contributed by atoms with Gasteiger partial charge in [-0.1, -0.05) is 115 Å². The van der Waals surface area contributed by atoms with Crippen LogP contribution in [-0.4, -0.2) is 99.7 Å². The van der Waals surface area contributed by atoms with Gasteiger partial charge in [-0.25, -0.2) is 43.2 Å². The highest BCUT2D eigenvalue weighted by atomic mass is 16.4. The standard InChI is InChI=1S/C24H14O12.C20H14O4.C7H6O2/c25-19(26)12-5-1-3-9(16(12)22(31)32)10-7-8-14(21(29)30)18(24(35)36)15(10)11-4-2-6-13(20(27)28)17(11)23(33)34;21-19(22)16-12-11-15(13-7-3-1-4-8-13)18(20(23)24)17(16)14-9-5-2-6-10-14;8-7(9)6-4-2-1-3-5-6/h1-8H,(H,25,26)(H,27,28)(H,29,30)(H,31,32)(H,33,34)(H,35,36);1-12H,(H,21,22)(H,23,24);1-5H,(H,8,9). The molecule has 0 spiro atoms. The Morgan fingerprint density at radius 3 is 1.03 bits per heavy atom. The van der Waals surface area contributed by atoms with Crippen LogP contribution in [0.2, 0.25) is 0 Å². The predicted octanol–water partition coefficient (Wildman–Crippen LogP) is 9.01. The second-order valence-corrected chi connectivity index (χ2v) is 14.1. The highest BCUT2D eigenvalue weighted by Crippen LogP contribution is 2.42. The molecule has 0 radical (unpaired) electrons. The molecule has 0 bridgehead atoms. The lowest BCUT2D eigenvalue weighted by molar-refractivity contribution is 0.0650. The molecule has 18 nitrogen and oxygen atoms in total. The summed E-state index contributed by atoms with van der Waals surface area (Å²) in [6.45, 7) is 0. The molecule has 0 saturated carbocycles. The van der Waals surface area contributed by atoms with Crippen molar-refractivity contribution in [3.8, 4) is 44.5 Å². The number of rotatable bonds is 13. The van der Waals surface area contributed by atoms with Crippen LogP contribution in [0.3, 0.4) is 0 Å². The molecule has 69 heavy (non-hydrogen) atoms. The van der Waals surface area contributed by atoms with E-state index >= 15 is 0 Å².